The third-order valence-corrected chi connectivity index (χ3v) is 7.18. The molecule has 0 saturated carbocycles. The Hall–Kier alpha value is -3.65. The molecule has 2 heterocycles. The van der Waals surface area contributed by atoms with E-state index < -0.39 is 10.0 Å². The van der Waals surface area contributed by atoms with E-state index in [1.165, 1.54) is 0 Å². The van der Waals surface area contributed by atoms with Crippen LogP contribution in [-0.4, -0.2) is 38.2 Å². The minimum Gasteiger partial charge on any atom is -0.457 e. The summed E-state index contributed by atoms with van der Waals surface area (Å²) in [5.74, 6) is 1.65. The first kappa shape index (κ1) is 21.2. The fourth-order valence-corrected chi connectivity index (χ4v) is 5.40. The molecule has 1 saturated heterocycles. The van der Waals surface area contributed by atoms with E-state index in [0.717, 1.165) is 5.75 Å². The van der Waals surface area contributed by atoms with Gasteiger partial charge in [0, 0.05) is 36.3 Å². The number of ether oxygens (including phenoxy) is 1. The Labute approximate surface area is 192 Å². The lowest BCUT2D eigenvalue weighted by Crippen LogP contribution is -2.41. The number of nitrogens with zero attached hydrogens (tertiary/aromatic N) is 2. The van der Waals surface area contributed by atoms with Gasteiger partial charge in [0.15, 0.2) is 5.84 Å². The molecule has 8 heteroatoms. The van der Waals surface area contributed by atoms with Crippen molar-refractivity contribution in [3.8, 4) is 11.5 Å². The number of amidine groups is 1. The Kier molecular flexibility index (Phi) is 5.60. The molecule has 0 unspecified atom stereocenters. The van der Waals surface area contributed by atoms with Gasteiger partial charge in [0.2, 0.25) is 5.91 Å². The highest BCUT2D eigenvalue weighted by molar-refractivity contribution is 7.90. The molecule has 2 aliphatic rings. The van der Waals surface area contributed by atoms with Gasteiger partial charge in [-0.3, -0.25) is 4.79 Å². The fourth-order valence-electron chi connectivity index (χ4n) is 4.18. The van der Waals surface area contributed by atoms with Crippen LogP contribution in [-0.2, 0) is 14.8 Å². The SMILES string of the molecule is O=C(Nc1cccc(Oc2ccccc2)c1)C1CCN(C2=NS(=O)(=O)c3ccccc32)CC1. The van der Waals surface area contributed by atoms with Crippen LogP contribution in [0.2, 0.25) is 0 Å². The van der Waals surface area contributed by atoms with Crippen molar-refractivity contribution >= 4 is 27.5 Å². The second kappa shape index (κ2) is 8.71. The van der Waals surface area contributed by atoms with Crippen molar-refractivity contribution in [3.63, 3.8) is 0 Å². The summed E-state index contributed by atoms with van der Waals surface area (Å²) in [4.78, 5) is 15.1. The number of benzene rings is 3. The molecule has 1 amide bonds. The van der Waals surface area contributed by atoms with Gasteiger partial charge in [0.1, 0.15) is 16.4 Å². The third-order valence-electron chi connectivity index (χ3n) is 5.86. The van der Waals surface area contributed by atoms with Gasteiger partial charge in [-0.05, 0) is 49.2 Å². The van der Waals surface area contributed by atoms with Gasteiger partial charge in [0.05, 0.1) is 0 Å². The van der Waals surface area contributed by atoms with Crippen LogP contribution in [0.1, 0.15) is 18.4 Å². The predicted molar refractivity (Wildman–Crippen MR) is 126 cm³/mol. The highest BCUT2D eigenvalue weighted by atomic mass is 32.2. The van der Waals surface area contributed by atoms with E-state index in [0.29, 0.717) is 48.8 Å². The first-order chi connectivity index (χ1) is 16.0. The van der Waals surface area contributed by atoms with Gasteiger partial charge < -0.3 is 15.0 Å². The smallest absolute Gasteiger partial charge is 0.285 e. The first-order valence-electron chi connectivity index (χ1n) is 10.8. The number of hydrogen-bond donors (Lipinski definition) is 1. The van der Waals surface area contributed by atoms with E-state index in [4.69, 9.17) is 4.74 Å². The first-order valence-corrected chi connectivity index (χ1v) is 12.3. The molecule has 168 valence electrons. The third kappa shape index (κ3) is 4.47. The molecule has 0 radical (unpaired) electrons. The van der Waals surface area contributed by atoms with Crippen molar-refractivity contribution in [1.82, 2.24) is 4.90 Å². The summed E-state index contributed by atoms with van der Waals surface area (Å²) in [6, 6.07) is 23.7. The molecule has 1 N–H and O–H groups in total. The fraction of sp³-hybridized carbons (Fsp3) is 0.200. The van der Waals surface area contributed by atoms with E-state index in [1.54, 1.807) is 24.3 Å². The van der Waals surface area contributed by atoms with Crippen molar-refractivity contribution in [2.75, 3.05) is 18.4 Å². The molecule has 5 rings (SSSR count). The largest absolute Gasteiger partial charge is 0.457 e. The molecular formula is C25H23N3O4S. The van der Waals surface area contributed by atoms with Crippen LogP contribution >= 0.6 is 0 Å². The number of likely N-dealkylation sites (tertiary alicyclic amines) is 1. The van der Waals surface area contributed by atoms with Crippen LogP contribution in [0.5, 0.6) is 11.5 Å². The van der Waals surface area contributed by atoms with Gasteiger partial charge in [-0.25, -0.2) is 0 Å². The maximum atomic E-state index is 12.9. The monoisotopic (exact) mass is 461 g/mol. The summed E-state index contributed by atoms with van der Waals surface area (Å²) in [5.41, 5.74) is 1.31. The van der Waals surface area contributed by atoms with E-state index in [-0.39, 0.29) is 16.7 Å². The van der Waals surface area contributed by atoms with Gasteiger partial charge >= 0.3 is 0 Å². The maximum absolute atomic E-state index is 12.9. The number of nitrogens with one attached hydrogen (secondary N) is 1. The number of sulfonamides is 1. The summed E-state index contributed by atoms with van der Waals surface area (Å²) >= 11 is 0. The van der Waals surface area contributed by atoms with Gasteiger partial charge in [-0.2, -0.15) is 8.42 Å². The molecule has 0 aromatic heterocycles. The van der Waals surface area contributed by atoms with Crippen molar-refractivity contribution in [2.45, 2.75) is 17.7 Å². The number of piperidine rings is 1. The topological polar surface area (TPSA) is 88.1 Å². The maximum Gasteiger partial charge on any atom is 0.285 e. The Balaban J connectivity index is 1.21. The second-order valence-corrected chi connectivity index (χ2v) is 9.65. The standard InChI is InChI=1S/C25H23N3O4S/c29-25(26-19-7-6-10-21(17-19)32-20-8-2-1-3-9-20)18-13-15-28(16-14-18)24-22-11-4-5-12-23(22)33(30,31)27-24/h1-12,17-18H,13-16H2,(H,26,29). The van der Waals surface area contributed by atoms with Crippen LogP contribution in [0.3, 0.4) is 0 Å². The van der Waals surface area contributed by atoms with Crippen LogP contribution in [0.25, 0.3) is 0 Å². The van der Waals surface area contributed by atoms with Crippen molar-refractivity contribution in [1.29, 1.82) is 0 Å². The Morgan fingerprint density at radius 3 is 2.39 bits per heavy atom. The van der Waals surface area contributed by atoms with E-state index in [2.05, 4.69) is 9.71 Å². The molecule has 0 spiro atoms. The van der Waals surface area contributed by atoms with Crippen LogP contribution in [0.15, 0.2) is 88.2 Å². The highest BCUT2D eigenvalue weighted by Gasteiger charge is 2.34. The number of carbonyl (C=O) groups is 1. The van der Waals surface area contributed by atoms with E-state index in [9.17, 15) is 13.2 Å². The summed E-state index contributed by atoms with van der Waals surface area (Å²) in [5, 5.41) is 2.99. The number of rotatable bonds is 4. The predicted octanol–water partition coefficient (Wildman–Crippen LogP) is 4.28. The number of fused-ring (bicyclic) bond motifs is 1. The molecule has 1 fully saturated rings. The molecule has 0 bridgehead atoms. The average Bonchev–Trinajstić information content (AvgIpc) is 3.11. The Bertz CT molecular complexity index is 1310. The van der Waals surface area contributed by atoms with Gasteiger partial charge in [0.25, 0.3) is 10.0 Å². The normalized spacial score (nSPS) is 17.2. The molecule has 3 aromatic rings. The van der Waals surface area contributed by atoms with Crippen molar-refractivity contribution in [2.24, 2.45) is 10.3 Å². The van der Waals surface area contributed by atoms with E-state index >= 15 is 0 Å². The second-order valence-electron chi connectivity index (χ2n) is 8.08. The minimum atomic E-state index is -3.65. The number of hydrogen-bond acceptors (Lipinski definition) is 5. The molecule has 0 atom stereocenters. The molecule has 2 aliphatic heterocycles. The number of amides is 1. The number of carbonyl (C=O) groups excluding carboxylic acids is 1. The zero-order valence-electron chi connectivity index (χ0n) is 17.8. The quantitative estimate of drug-likeness (QED) is 0.627. The molecule has 3 aromatic carbocycles. The van der Waals surface area contributed by atoms with Crippen LogP contribution < -0.4 is 10.1 Å². The summed E-state index contributed by atoms with van der Waals surface area (Å²) in [6.45, 7) is 1.13. The Morgan fingerprint density at radius 2 is 1.61 bits per heavy atom. The molecule has 7 nitrogen and oxygen atoms in total. The number of para-hydroxylation sites is 1. The lowest BCUT2D eigenvalue weighted by Gasteiger charge is -2.32. The number of anilines is 1. The lowest BCUT2D eigenvalue weighted by molar-refractivity contribution is -0.120. The van der Waals surface area contributed by atoms with Crippen molar-refractivity contribution in [3.05, 3.63) is 84.4 Å². The zero-order chi connectivity index (χ0) is 22.8. The van der Waals surface area contributed by atoms with Crippen LogP contribution in [0.4, 0.5) is 5.69 Å². The lowest BCUT2D eigenvalue weighted by atomic mass is 9.95. The molecular weight excluding hydrogens is 438 g/mol. The van der Waals surface area contributed by atoms with Crippen molar-refractivity contribution < 1.29 is 17.9 Å². The highest BCUT2D eigenvalue weighted by Crippen LogP contribution is 2.30. The zero-order valence-corrected chi connectivity index (χ0v) is 18.7. The summed E-state index contributed by atoms with van der Waals surface area (Å²) in [6.07, 6.45) is 1.24. The van der Waals surface area contributed by atoms with E-state index in [1.807, 2.05) is 59.5 Å². The Morgan fingerprint density at radius 1 is 0.909 bits per heavy atom. The molecule has 0 aliphatic carbocycles. The summed E-state index contributed by atoms with van der Waals surface area (Å²) in [7, 11) is -3.65. The van der Waals surface area contributed by atoms with Gasteiger partial charge in [-0.15, -0.1) is 4.40 Å². The van der Waals surface area contributed by atoms with Gasteiger partial charge in [-0.1, -0.05) is 36.4 Å². The average molecular weight is 462 g/mol. The minimum absolute atomic E-state index is 0.0482. The summed E-state index contributed by atoms with van der Waals surface area (Å²) < 4.78 is 34.5. The molecule has 33 heavy (non-hydrogen) atoms. The van der Waals surface area contributed by atoms with Crippen LogP contribution in [0, 0.1) is 5.92 Å².